The number of nitrogens with one attached hydrogen (secondary N) is 1. The molecule has 1 saturated carbocycles. The topological polar surface area (TPSA) is 92.5 Å². The van der Waals surface area contributed by atoms with Crippen molar-refractivity contribution in [2.75, 3.05) is 6.54 Å². The van der Waals surface area contributed by atoms with Gasteiger partial charge in [0, 0.05) is 6.54 Å². The number of rotatable bonds is 5. The van der Waals surface area contributed by atoms with Crippen molar-refractivity contribution in [1.82, 2.24) is 9.62 Å². The molecule has 3 rings (SSSR count). The summed E-state index contributed by atoms with van der Waals surface area (Å²) in [7, 11) is -3.84. The van der Waals surface area contributed by atoms with Crippen LogP contribution in [0.5, 0.6) is 0 Å². The molecule has 0 spiro atoms. The minimum atomic E-state index is -3.84. The van der Waals surface area contributed by atoms with Crippen molar-refractivity contribution in [3.8, 4) is 0 Å². The van der Waals surface area contributed by atoms with E-state index in [0.717, 1.165) is 31.4 Å². The van der Waals surface area contributed by atoms with Crippen LogP contribution in [-0.4, -0.2) is 37.4 Å². The van der Waals surface area contributed by atoms with Crippen LogP contribution < -0.4 is 11.1 Å². The van der Waals surface area contributed by atoms with Gasteiger partial charge < -0.3 is 11.1 Å². The Labute approximate surface area is 166 Å². The van der Waals surface area contributed by atoms with E-state index in [9.17, 15) is 17.6 Å². The highest BCUT2D eigenvalue weighted by Gasteiger charge is 2.49. The summed E-state index contributed by atoms with van der Waals surface area (Å²) in [6, 6.07) is 4.11. The first-order valence-electron chi connectivity index (χ1n) is 9.82. The van der Waals surface area contributed by atoms with E-state index in [2.05, 4.69) is 5.32 Å². The van der Waals surface area contributed by atoms with E-state index in [0.29, 0.717) is 13.0 Å². The molecule has 1 aromatic rings. The molecule has 1 heterocycles. The SMILES string of the molecule is CC(C)(C)C[C@H](N)C(=O)NC1[C@H]2CCC[C@H]2CN1S(=O)(=O)c1ccc(F)cc1. The zero-order valence-corrected chi connectivity index (χ0v) is 17.5. The second kappa shape index (κ2) is 7.72. The summed E-state index contributed by atoms with van der Waals surface area (Å²) in [5, 5.41) is 2.92. The Balaban J connectivity index is 1.84. The van der Waals surface area contributed by atoms with Crippen LogP contribution in [0, 0.1) is 23.1 Å². The Hall–Kier alpha value is -1.51. The monoisotopic (exact) mass is 411 g/mol. The highest BCUT2D eigenvalue weighted by Crippen LogP contribution is 2.43. The zero-order valence-electron chi connectivity index (χ0n) is 16.7. The molecule has 1 amide bonds. The van der Waals surface area contributed by atoms with Crippen LogP contribution in [0.1, 0.15) is 46.5 Å². The average Bonchev–Trinajstić information content (AvgIpc) is 3.16. The molecule has 0 aromatic heterocycles. The largest absolute Gasteiger partial charge is 0.338 e. The predicted molar refractivity (Wildman–Crippen MR) is 105 cm³/mol. The van der Waals surface area contributed by atoms with Gasteiger partial charge in [-0.1, -0.05) is 27.2 Å². The molecule has 6 nitrogen and oxygen atoms in total. The van der Waals surface area contributed by atoms with Crippen LogP contribution in [0.2, 0.25) is 0 Å². The molecule has 1 aliphatic carbocycles. The average molecular weight is 412 g/mol. The van der Waals surface area contributed by atoms with Crippen molar-refractivity contribution in [2.24, 2.45) is 23.0 Å². The molecule has 1 unspecified atom stereocenters. The van der Waals surface area contributed by atoms with Crippen molar-refractivity contribution in [3.05, 3.63) is 30.1 Å². The fourth-order valence-electron chi connectivity index (χ4n) is 4.44. The van der Waals surface area contributed by atoms with Gasteiger partial charge in [0.1, 0.15) is 5.82 Å². The van der Waals surface area contributed by atoms with Crippen LogP contribution in [0.15, 0.2) is 29.2 Å². The molecule has 1 aliphatic heterocycles. The fraction of sp³-hybridized carbons (Fsp3) is 0.650. The number of sulfonamides is 1. The standard InChI is InChI=1S/C20H30FN3O3S/c1-20(2,3)11-17(22)19(25)23-18-16-6-4-5-13(16)12-24(18)28(26,27)15-9-7-14(21)8-10-15/h7-10,13,16-18H,4-6,11-12,22H2,1-3H3,(H,23,25)/t13-,16-,17-,18?/m0/s1. The summed E-state index contributed by atoms with van der Waals surface area (Å²) in [5.74, 6) is -0.512. The molecule has 2 aliphatic rings. The Morgan fingerprint density at radius 3 is 2.54 bits per heavy atom. The van der Waals surface area contributed by atoms with Gasteiger partial charge in [0.05, 0.1) is 17.1 Å². The molecule has 2 fully saturated rings. The first-order chi connectivity index (χ1) is 13.0. The van der Waals surface area contributed by atoms with Crippen LogP contribution >= 0.6 is 0 Å². The smallest absolute Gasteiger partial charge is 0.244 e. The molecule has 0 radical (unpaired) electrons. The third-order valence-electron chi connectivity index (χ3n) is 5.73. The Morgan fingerprint density at radius 2 is 1.93 bits per heavy atom. The number of carbonyl (C=O) groups excluding carboxylic acids is 1. The lowest BCUT2D eigenvalue weighted by atomic mass is 9.88. The highest BCUT2D eigenvalue weighted by molar-refractivity contribution is 7.89. The molecule has 28 heavy (non-hydrogen) atoms. The third-order valence-corrected chi connectivity index (χ3v) is 7.59. The van der Waals surface area contributed by atoms with Gasteiger partial charge in [0.15, 0.2) is 0 Å². The van der Waals surface area contributed by atoms with E-state index in [1.807, 2.05) is 20.8 Å². The van der Waals surface area contributed by atoms with E-state index in [4.69, 9.17) is 5.73 Å². The van der Waals surface area contributed by atoms with Crippen molar-refractivity contribution in [2.45, 2.75) is 63.6 Å². The highest BCUT2D eigenvalue weighted by atomic mass is 32.2. The molecule has 8 heteroatoms. The summed E-state index contributed by atoms with van der Waals surface area (Å²) < 4.78 is 41.0. The summed E-state index contributed by atoms with van der Waals surface area (Å²) in [4.78, 5) is 12.7. The lowest BCUT2D eigenvalue weighted by Crippen LogP contribution is -2.54. The summed E-state index contributed by atoms with van der Waals surface area (Å²) in [6.07, 6.45) is 2.74. The maximum atomic E-state index is 13.2. The molecule has 1 saturated heterocycles. The molecule has 4 atom stereocenters. The number of hydrogen-bond donors (Lipinski definition) is 2. The van der Waals surface area contributed by atoms with E-state index < -0.39 is 28.0 Å². The lowest BCUT2D eigenvalue weighted by molar-refractivity contribution is -0.124. The molecule has 3 N–H and O–H groups in total. The summed E-state index contributed by atoms with van der Waals surface area (Å²) in [5.41, 5.74) is 5.97. The normalized spacial score (nSPS) is 26.8. The van der Waals surface area contributed by atoms with Gasteiger partial charge >= 0.3 is 0 Å². The second-order valence-electron chi connectivity index (χ2n) is 9.21. The number of amides is 1. The first-order valence-corrected chi connectivity index (χ1v) is 11.3. The maximum absolute atomic E-state index is 13.2. The molecular weight excluding hydrogens is 381 g/mol. The number of nitrogens with zero attached hydrogens (tertiary/aromatic N) is 1. The van der Waals surface area contributed by atoms with Crippen LogP contribution in [-0.2, 0) is 14.8 Å². The minimum Gasteiger partial charge on any atom is -0.338 e. The molecule has 0 bridgehead atoms. The van der Waals surface area contributed by atoms with Crippen molar-refractivity contribution >= 4 is 15.9 Å². The Morgan fingerprint density at radius 1 is 1.29 bits per heavy atom. The number of nitrogens with two attached hydrogens (primary N) is 1. The van der Waals surface area contributed by atoms with Crippen molar-refractivity contribution in [3.63, 3.8) is 0 Å². The number of halogens is 1. The van der Waals surface area contributed by atoms with Crippen LogP contribution in [0.4, 0.5) is 4.39 Å². The number of benzene rings is 1. The van der Waals surface area contributed by atoms with Crippen LogP contribution in [0.25, 0.3) is 0 Å². The van der Waals surface area contributed by atoms with Gasteiger partial charge in [0.2, 0.25) is 15.9 Å². The van der Waals surface area contributed by atoms with Gasteiger partial charge in [-0.15, -0.1) is 0 Å². The number of fused-ring (bicyclic) bond motifs is 1. The quantitative estimate of drug-likeness (QED) is 0.778. The van der Waals surface area contributed by atoms with Gasteiger partial charge in [-0.25, -0.2) is 12.8 Å². The number of hydrogen-bond acceptors (Lipinski definition) is 4. The van der Waals surface area contributed by atoms with Crippen molar-refractivity contribution in [1.29, 1.82) is 0 Å². The number of carbonyl (C=O) groups is 1. The van der Waals surface area contributed by atoms with E-state index in [-0.39, 0.29) is 28.1 Å². The molecule has 156 valence electrons. The van der Waals surface area contributed by atoms with Crippen LogP contribution in [0.3, 0.4) is 0 Å². The summed E-state index contributed by atoms with van der Waals surface area (Å²) in [6.45, 7) is 6.39. The van der Waals surface area contributed by atoms with E-state index in [1.165, 1.54) is 16.4 Å². The van der Waals surface area contributed by atoms with E-state index >= 15 is 0 Å². The lowest BCUT2D eigenvalue weighted by Gasteiger charge is -2.30. The fourth-order valence-corrected chi connectivity index (χ4v) is 6.09. The third kappa shape index (κ3) is 4.39. The van der Waals surface area contributed by atoms with Gasteiger partial charge in [-0.05, 0) is 60.8 Å². The van der Waals surface area contributed by atoms with E-state index in [1.54, 1.807) is 0 Å². The first kappa shape index (κ1) is 21.2. The predicted octanol–water partition coefficient (Wildman–Crippen LogP) is 2.45. The van der Waals surface area contributed by atoms with Gasteiger partial charge in [-0.3, -0.25) is 4.79 Å². The maximum Gasteiger partial charge on any atom is 0.244 e. The zero-order chi connectivity index (χ0) is 20.7. The Bertz CT molecular complexity index is 820. The van der Waals surface area contributed by atoms with Gasteiger partial charge in [-0.2, -0.15) is 4.31 Å². The second-order valence-corrected chi connectivity index (χ2v) is 11.1. The minimum absolute atomic E-state index is 0.0344. The molecular formula is C20H30FN3O3S. The Kier molecular flexibility index (Phi) is 5.85. The van der Waals surface area contributed by atoms with Gasteiger partial charge in [0.25, 0.3) is 0 Å². The summed E-state index contributed by atoms with van der Waals surface area (Å²) >= 11 is 0. The van der Waals surface area contributed by atoms with Crippen molar-refractivity contribution < 1.29 is 17.6 Å². The molecule has 1 aromatic carbocycles.